The molecule has 2 fully saturated rings. The van der Waals surface area contributed by atoms with E-state index in [0.29, 0.717) is 32.7 Å². The molecule has 174 valence electrons. The van der Waals surface area contributed by atoms with E-state index in [-0.39, 0.29) is 27.1 Å². The number of carbonyl (C=O) groups is 1. The summed E-state index contributed by atoms with van der Waals surface area (Å²) in [5, 5.41) is 3.18. The molecule has 2 aliphatic rings. The molecule has 0 bridgehead atoms. The molecule has 1 aliphatic carbocycles. The van der Waals surface area contributed by atoms with Crippen LogP contribution in [0.3, 0.4) is 0 Å². The Morgan fingerprint density at radius 2 is 1.91 bits per heavy atom. The fourth-order valence-corrected chi connectivity index (χ4v) is 6.33. The summed E-state index contributed by atoms with van der Waals surface area (Å²) in [6.45, 7) is 2.36. The molecule has 8 nitrogen and oxygen atoms in total. The minimum Gasteiger partial charge on any atom is -0.350 e. The number of nitrogens with one attached hydrogen (secondary N) is 2. The minimum absolute atomic E-state index is 0.0813. The van der Waals surface area contributed by atoms with E-state index in [1.54, 1.807) is 0 Å². The molecule has 0 unspecified atom stereocenters. The van der Waals surface area contributed by atoms with E-state index in [1.807, 2.05) is 0 Å². The molecule has 2 N–H and O–H groups in total. The summed E-state index contributed by atoms with van der Waals surface area (Å²) in [4.78, 5) is 21.5. The van der Waals surface area contributed by atoms with Crippen LogP contribution in [-0.4, -0.2) is 71.8 Å². The first-order chi connectivity index (χ1) is 15.3. The second-order valence-corrected chi connectivity index (χ2v) is 10.7. The van der Waals surface area contributed by atoms with Crippen molar-refractivity contribution in [1.82, 2.24) is 24.5 Å². The summed E-state index contributed by atoms with van der Waals surface area (Å²) >= 11 is 6.05. The maximum Gasteiger partial charge on any atom is 0.260 e. The number of imidazole rings is 1. The van der Waals surface area contributed by atoms with Gasteiger partial charge in [0.15, 0.2) is 5.03 Å². The second-order valence-electron chi connectivity index (χ2n) is 8.40. The lowest BCUT2D eigenvalue weighted by molar-refractivity contribution is 0.0240. The maximum absolute atomic E-state index is 13.3. The van der Waals surface area contributed by atoms with Crippen molar-refractivity contribution >= 4 is 27.5 Å². The van der Waals surface area contributed by atoms with Gasteiger partial charge in [0, 0.05) is 38.3 Å². The molecular formula is C21H27ClFN5O3S. The number of aromatic amines is 1. The SMILES string of the molecule is O=C(NCC1(N2CCN(S(=O)(=O)c3cnc[nH]3)CC2)CCCCC1)c1ccc(F)cc1Cl. The van der Waals surface area contributed by atoms with Gasteiger partial charge >= 0.3 is 0 Å². The zero-order chi connectivity index (χ0) is 22.8. The zero-order valence-corrected chi connectivity index (χ0v) is 19.3. The van der Waals surface area contributed by atoms with Gasteiger partial charge in [0.05, 0.1) is 23.1 Å². The van der Waals surface area contributed by atoms with Gasteiger partial charge in [-0.2, -0.15) is 4.31 Å². The van der Waals surface area contributed by atoms with Crippen LogP contribution in [0.4, 0.5) is 4.39 Å². The number of hydrogen-bond acceptors (Lipinski definition) is 5. The van der Waals surface area contributed by atoms with Crippen LogP contribution >= 0.6 is 11.6 Å². The molecule has 1 aromatic heterocycles. The topological polar surface area (TPSA) is 98.4 Å². The highest BCUT2D eigenvalue weighted by Gasteiger charge is 2.41. The van der Waals surface area contributed by atoms with Gasteiger partial charge in [-0.25, -0.2) is 17.8 Å². The van der Waals surface area contributed by atoms with Crippen molar-refractivity contribution in [3.8, 4) is 0 Å². The maximum atomic E-state index is 13.3. The Hall–Kier alpha value is -2.01. The Balaban J connectivity index is 1.44. The zero-order valence-electron chi connectivity index (χ0n) is 17.7. The summed E-state index contributed by atoms with van der Waals surface area (Å²) in [7, 11) is -3.59. The molecule has 2 heterocycles. The van der Waals surface area contributed by atoms with E-state index in [1.165, 1.54) is 29.0 Å². The quantitative estimate of drug-likeness (QED) is 0.658. The first kappa shape index (κ1) is 23.2. The number of aromatic nitrogens is 2. The van der Waals surface area contributed by atoms with Crippen LogP contribution in [-0.2, 0) is 10.0 Å². The lowest BCUT2D eigenvalue weighted by Gasteiger charge is -2.49. The van der Waals surface area contributed by atoms with Gasteiger partial charge in [-0.05, 0) is 31.0 Å². The molecule has 0 radical (unpaired) electrons. The first-order valence-electron chi connectivity index (χ1n) is 10.8. The molecule has 0 spiro atoms. The predicted molar refractivity (Wildman–Crippen MR) is 118 cm³/mol. The number of rotatable bonds is 6. The van der Waals surface area contributed by atoms with Crippen LogP contribution in [0, 0.1) is 5.82 Å². The van der Waals surface area contributed by atoms with Crippen molar-refractivity contribution < 1.29 is 17.6 Å². The third-order valence-electron chi connectivity index (χ3n) is 6.54. The molecule has 4 rings (SSSR count). The van der Waals surface area contributed by atoms with Crippen LogP contribution < -0.4 is 5.32 Å². The number of halogens is 2. The molecular weight excluding hydrogens is 457 g/mol. The van der Waals surface area contributed by atoms with E-state index < -0.39 is 15.8 Å². The van der Waals surface area contributed by atoms with Gasteiger partial charge in [-0.1, -0.05) is 30.9 Å². The third kappa shape index (κ3) is 4.68. The lowest BCUT2D eigenvalue weighted by Crippen LogP contribution is -2.62. The number of carbonyl (C=O) groups excluding carboxylic acids is 1. The molecule has 1 aromatic carbocycles. The Bertz CT molecular complexity index is 1050. The van der Waals surface area contributed by atoms with Crippen LogP contribution in [0.25, 0.3) is 0 Å². The number of piperazine rings is 1. The number of nitrogens with zero attached hydrogens (tertiary/aromatic N) is 3. The minimum atomic E-state index is -3.59. The van der Waals surface area contributed by atoms with Gasteiger partial charge < -0.3 is 10.3 Å². The summed E-state index contributed by atoms with van der Waals surface area (Å²) in [6, 6.07) is 3.74. The Morgan fingerprint density at radius 3 is 2.53 bits per heavy atom. The second kappa shape index (κ2) is 9.46. The van der Waals surface area contributed by atoms with Crippen LogP contribution in [0.15, 0.2) is 35.7 Å². The number of benzene rings is 1. The van der Waals surface area contributed by atoms with Crippen molar-refractivity contribution in [3.05, 3.63) is 47.1 Å². The number of hydrogen-bond donors (Lipinski definition) is 2. The summed E-state index contributed by atoms with van der Waals surface area (Å²) in [5.41, 5.74) is 0.0130. The van der Waals surface area contributed by atoms with Crippen LogP contribution in [0.2, 0.25) is 5.02 Å². The van der Waals surface area contributed by atoms with Gasteiger partial charge in [0.2, 0.25) is 0 Å². The van der Waals surface area contributed by atoms with Gasteiger partial charge in [-0.15, -0.1) is 0 Å². The summed E-state index contributed by atoms with van der Waals surface area (Å²) in [5.74, 6) is -0.821. The average molecular weight is 484 g/mol. The van der Waals surface area contributed by atoms with Crippen LogP contribution in [0.5, 0.6) is 0 Å². The Labute approximate surface area is 192 Å². The molecule has 2 aromatic rings. The van der Waals surface area contributed by atoms with Crippen molar-refractivity contribution in [3.63, 3.8) is 0 Å². The van der Waals surface area contributed by atoms with Crippen molar-refractivity contribution in [1.29, 1.82) is 0 Å². The highest BCUT2D eigenvalue weighted by molar-refractivity contribution is 7.89. The van der Waals surface area contributed by atoms with E-state index in [2.05, 4.69) is 20.2 Å². The summed E-state index contributed by atoms with van der Waals surface area (Å²) in [6.07, 6.45) is 7.79. The fraction of sp³-hybridized carbons (Fsp3) is 0.524. The standard InChI is InChI=1S/C21H27ClFN5O3S/c22-18-12-16(23)4-5-17(18)20(29)25-14-21(6-2-1-3-7-21)27-8-10-28(11-9-27)32(30,31)19-13-24-15-26-19/h4-5,12-13,15H,1-3,6-11,14H2,(H,24,26)(H,25,29). The van der Waals surface area contributed by atoms with Gasteiger partial charge in [0.1, 0.15) is 5.82 Å². The average Bonchev–Trinajstić information content (AvgIpc) is 3.34. The number of amides is 1. The smallest absolute Gasteiger partial charge is 0.260 e. The third-order valence-corrected chi connectivity index (χ3v) is 8.68. The Morgan fingerprint density at radius 1 is 1.19 bits per heavy atom. The molecule has 1 saturated carbocycles. The molecule has 1 saturated heterocycles. The van der Waals surface area contributed by atoms with Crippen LogP contribution in [0.1, 0.15) is 42.5 Å². The first-order valence-corrected chi connectivity index (χ1v) is 12.6. The van der Waals surface area contributed by atoms with E-state index in [0.717, 1.165) is 38.2 Å². The molecule has 11 heteroatoms. The fourth-order valence-electron chi connectivity index (χ4n) is 4.75. The van der Waals surface area contributed by atoms with E-state index >= 15 is 0 Å². The monoisotopic (exact) mass is 483 g/mol. The molecule has 1 amide bonds. The Kier molecular flexibility index (Phi) is 6.85. The summed E-state index contributed by atoms with van der Waals surface area (Å²) < 4.78 is 40.4. The van der Waals surface area contributed by atoms with Crippen molar-refractivity contribution in [2.75, 3.05) is 32.7 Å². The largest absolute Gasteiger partial charge is 0.350 e. The highest BCUT2D eigenvalue weighted by Crippen LogP contribution is 2.34. The van der Waals surface area contributed by atoms with Gasteiger partial charge in [0.25, 0.3) is 15.9 Å². The number of H-pyrrole nitrogens is 1. The highest BCUT2D eigenvalue weighted by atomic mass is 35.5. The van der Waals surface area contributed by atoms with E-state index in [9.17, 15) is 17.6 Å². The molecule has 32 heavy (non-hydrogen) atoms. The lowest BCUT2D eigenvalue weighted by atomic mass is 9.79. The van der Waals surface area contributed by atoms with Gasteiger partial charge in [-0.3, -0.25) is 9.69 Å². The normalized spacial score (nSPS) is 20.2. The molecule has 1 aliphatic heterocycles. The van der Waals surface area contributed by atoms with Crippen molar-refractivity contribution in [2.24, 2.45) is 0 Å². The van der Waals surface area contributed by atoms with E-state index in [4.69, 9.17) is 11.6 Å². The number of sulfonamides is 1. The molecule has 0 atom stereocenters. The van der Waals surface area contributed by atoms with Crippen molar-refractivity contribution in [2.45, 2.75) is 42.7 Å². The predicted octanol–water partition coefficient (Wildman–Crippen LogP) is 2.64.